The second-order valence-electron chi connectivity index (χ2n) is 10.9. The molecule has 0 spiro atoms. The van der Waals surface area contributed by atoms with Crippen LogP contribution in [0.25, 0.3) is 0 Å². The maximum absolute atomic E-state index is 6.00. The zero-order valence-corrected chi connectivity index (χ0v) is 20.3. The van der Waals surface area contributed by atoms with Crippen LogP contribution in [0.2, 0.25) is 0 Å². The molecule has 3 aliphatic carbocycles. The van der Waals surface area contributed by atoms with Crippen LogP contribution in [0.4, 0.5) is 0 Å². The molecule has 3 saturated carbocycles. The molecule has 0 radical (unpaired) electrons. The summed E-state index contributed by atoms with van der Waals surface area (Å²) in [6.45, 7) is 11.3. The third-order valence-electron chi connectivity index (χ3n) is 8.91. The molecular formula is C28H43NO3. The van der Waals surface area contributed by atoms with Crippen LogP contribution >= 0.6 is 0 Å². The molecule has 1 saturated heterocycles. The number of pyridine rings is 1. The van der Waals surface area contributed by atoms with Crippen molar-refractivity contribution in [1.82, 2.24) is 4.98 Å². The maximum Gasteiger partial charge on any atom is 0.147 e. The summed E-state index contributed by atoms with van der Waals surface area (Å²) in [4.78, 5) is 4.05. The lowest BCUT2D eigenvalue weighted by atomic mass is 9.46. The van der Waals surface area contributed by atoms with Gasteiger partial charge in [-0.15, -0.1) is 0 Å². The maximum atomic E-state index is 6.00. The van der Waals surface area contributed by atoms with E-state index in [-0.39, 0.29) is 10.8 Å². The molecule has 32 heavy (non-hydrogen) atoms. The number of aromatic nitrogens is 1. The van der Waals surface area contributed by atoms with Gasteiger partial charge in [0, 0.05) is 17.8 Å². The van der Waals surface area contributed by atoms with E-state index in [0.29, 0.717) is 24.7 Å². The molecule has 1 aromatic rings. The van der Waals surface area contributed by atoms with Gasteiger partial charge in [-0.25, -0.2) is 0 Å². The van der Waals surface area contributed by atoms with Gasteiger partial charge >= 0.3 is 0 Å². The number of fused-ring (bicyclic) bond motifs is 3. The molecule has 0 bridgehead atoms. The normalized spacial score (nSPS) is 36.8. The Hall–Kier alpha value is -1.39. The Labute approximate surface area is 195 Å². The van der Waals surface area contributed by atoms with Crippen molar-refractivity contribution in [3.8, 4) is 5.75 Å². The topological polar surface area (TPSA) is 40.6 Å². The Kier molecular flexibility index (Phi) is 7.94. The van der Waals surface area contributed by atoms with Crippen molar-refractivity contribution < 1.29 is 14.2 Å². The van der Waals surface area contributed by atoms with Crippen LogP contribution < -0.4 is 4.74 Å². The highest BCUT2D eigenvalue weighted by molar-refractivity contribution is 5.19. The average molecular weight is 442 g/mol. The third-order valence-corrected chi connectivity index (χ3v) is 8.91. The van der Waals surface area contributed by atoms with Crippen molar-refractivity contribution in [3.63, 3.8) is 0 Å². The van der Waals surface area contributed by atoms with Crippen LogP contribution in [-0.4, -0.2) is 31.1 Å². The van der Waals surface area contributed by atoms with E-state index in [1.807, 2.05) is 12.1 Å². The average Bonchev–Trinajstić information content (AvgIpc) is 2.82. The van der Waals surface area contributed by atoms with Crippen molar-refractivity contribution in [2.24, 2.45) is 22.7 Å². The molecule has 4 aliphatic rings. The van der Waals surface area contributed by atoms with E-state index in [0.717, 1.165) is 38.2 Å². The number of allylic oxidation sites excluding steroid dienone is 1. The monoisotopic (exact) mass is 441 g/mol. The first kappa shape index (κ1) is 23.8. The molecule has 0 amide bonds. The van der Waals surface area contributed by atoms with E-state index in [1.165, 1.54) is 56.9 Å². The zero-order valence-electron chi connectivity index (χ0n) is 20.3. The van der Waals surface area contributed by atoms with Crippen LogP contribution in [0.15, 0.2) is 36.7 Å². The standard InChI is InChI=1S/C22H31NO3.C6H12/c1-16-4-5-19-21(2,10-6-20-22(19,3)14-24-15-26-20)18(16)9-13-25-17-7-11-23-12-8-17;1-2-4-6-5-3-1/h7-8,11-12,18-20H,1,4-6,9-10,13-15H2,2-3H3;1-6H2/t18?,19?,20?,21?,22-;/m0./s1. The molecule has 0 N–H and O–H groups in total. The van der Waals surface area contributed by atoms with E-state index >= 15 is 0 Å². The van der Waals surface area contributed by atoms with Crippen LogP contribution in [-0.2, 0) is 9.47 Å². The molecule has 4 heteroatoms. The summed E-state index contributed by atoms with van der Waals surface area (Å²) in [7, 11) is 0. The molecule has 4 unspecified atom stereocenters. The fraction of sp³-hybridized carbons (Fsp3) is 0.750. The molecule has 5 rings (SSSR count). The van der Waals surface area contributed by atoms with E-state index in [9.17, 15) is 0 Å². The zero-order chi connectivity index (χ0) is 22.4. The Morgan fingerprint density at radius 3 is 2.41 bits per heavy atom. The number of hydrogen-bond donors (Lipinski definition) is 0. The van der Waals surface area contributed by atoms with Gasteiger partial charge in [-0.05, 0) is 61.5 Å². The largest absolute Gasteiger partial charge is 0.493 e. The first-order chi connectivity index (χ1) is 15.5. The number of hydrogen-bond acceptors (Lipinski definition) is 4. The van der Waals surface area contributed by atoms with Crippen LogP contribution in [0.1, 0.15) is 84.5 Å². The first-order valence-electron chi connectivity index (χ1n) is 12.9. The summed E-state index contributed by atoms with van der Waals surface area (Å²) in [6.07, 6.45) is 18.6. The molecule has 1 aliphatic heterocycles. The number of rotatable bonds is 4. The quantitative estimate of drug-likeness (QED) is 0.474. The molecule has 4 nitrogen and oxygen atoms in total. The summed E-state index contributed by atoms with van der Waals surface area (Å²) in [5.41, 5.74) is 1.78. The van der Waals surface area contributed by atoms with Gasteiger partial charge < -0.3 is 14.2 Å². The minimum atomic E-state index is 0.121. The predicted octanol–water partition coefficient (Wildman–Crippen LogP) is 6.95. The second kappa shape index (κ2) is 10.7. The van der Waals surface area contributed by atoms with Gasteiger partial charge in [0.25, 0.3) is 0 Å². The molecule has 178 valence electrons. The van der Waals surface area contributed by atoms with Gasteiger partial charge in [0.15, 0.2) is 0 Å². The SMILES string of the molecule is C1CCCCC1.C=C1CCC2C(C)(CCC3OCOC[C@]32C)C1CCOc1ccncc1. The second-order valence-corrected chi connectivity index (χ2v) is 10.9. The van der Waals surface area contributed by atoms with Crippen molar-refractivity contribution in [2.45, 2.75) is 90.6 Å². The number of nitrogens with zero attached hydrogens (tertiary/aromatic N) is 1. The third kappa shape index (κ3) is 5.07. The number of ether oxygens (including phenoxy) is 3. The van der Waals surface area contributed by atoms with Crippen molar-refractivity contribution in [2.75, 3.05) is 20.0 Å². The van der Waals surface area contributed by atoms with Crippen LogP contribution in [0.3, 0.4) is 0 Å². The highest BCUT2D eigenvalue weighted by Gasteiger charge is 2.59. The minimum Gasteiger partial charge on any atom is -0.493 e. The summed E-state index contributed by atoms with van der Waals surface area (Å²) in [5.74, 6) is 2.01. The first-order valence-corrected chi connectivity index (χ1v) is 12.9. The van der Waals surface area contributed by atoms with Gasteiger partial charge in [-0.2, -0.15) is 0 Å². The summed E-state index contributed by atoms with van der Waals surface area (Å²) in [6, 6.07) is 3.84. The van der Waals surface area contributed by atoms with Gasteiger partial charge in [0.1, 0.15) is 12.5 Å². The molecule has 4 fully saturated rings. The van der Waals surface area contributed by atoms with Crippen LogP contribution in [0.5, 0.6) is 5.75 Å². The fourth-order valence-electron chi connectivity index (χ4n) is 7.15. The highest BCUT2D eigenvalue weighted by Crippen LogP contribution is 2.62. The van der Waals surface area contributed by atoms with Gasteiger partial charge in [-0.3, -0.25) is 4.98 Å². The molecule has 1 aromatic heterocycles. The summed E-state index contributed by atoms with van der Waals surface area (Å²) < 4.78 is 17.7. The summed E-state index contributed by atoms with van der Waals surface area (Å²) in [5, 5.41) is 0. The highest BCUT2D eigenvalue weighted by atomic mass is 16.7. The van der Waals surface area contributed by atoms with E-state index in [2.05, 4.69) is 25.4 Å². The lowest BCUT2D eigenvalue weighted by molar-refractivity contribution is -0.260. The molecular weight excluding hydrogens is 398 g/mol. The van der Waals surface area contributed by atoms with Crippen LogP contribution in [0, 0.1) is 22.7 Å². The van der Waals surface area contributed by atoms with E-state index in [4.69, 9.17) is 14.2 Å². The van der Waals surface area contributed by atoms with E-state index < -0.39 is 0 Å². The van der Waals surface area contributed by atoms with Gasteiger partial charge in [-0.1, -0.05) is 64.5 Å². The fourth-order valence-corrected chi connectivity index (χ4v) is 7.15. The Morgan fingerprint density at radius 1 is 1.03 bits per heavy atom. The Morgan fingerprint density at radius 2 is 1.72 bits per heavy atom. The molecule has 0 aromatic carbocycles. The lowest BCUT2D eigenvalue weighted by Crippen LogP contribution is -2.60. The lowest BCUT2D eigenvalue weighted by Gasteiger charge is -2.62. The summed E-state index contributed by atoms with van der Waals surface area (Å²) >= 11 is 0. The van der Waals surface area contributed by atoms with E-state index in [1.54, 1.807) is 12.4 Å². The van der Waals surface area contributed by atoms with Gasteiger partial charge in [0.2, 0.25) is 0 Å². The minimum absolute atomic E-state index is 0.121. The van der Waals surface area contributed by atoms with Crippen molar-refractivity contribution in [3.05, 3.63) is 36.7 Å². The molecule has 2 heterocycles. The van der Waals surface area contributed by atoms with Crippen molar-refractivity contribution >= 4 is 0 Å². The smallest absolute Gasteiger partial charge is 0.147 e. The van der Waals surface area contributed by atoms with Gasteiger partial charge in [0.05, 0.1) is 19.3 Å². The van der Waals surface area contributed by atoms with Crippen molar-refractivity contribution in [1.29, 1.82) is 0 Å². The Balaban J connectivity index is 0.000000354. The predicted molar refractivity (Wildman–Crippen MR) is 129 cm³/mol. The molecule has 5 atom stereocenters. The Bertz CT molecular complexity index is 722.